The Morgan fingerprint density at radius 3 is 2.52 bits per heavy atom. The average Bonchev–Trinajstić information content (AvgIpc) is 2.92. The van der Waals surface area contributed by atoms with Gasteiger partial charge in [-0.2, -0.15) is 0 Å². The fourth-order valence-electron chi connectivity index (χ4n) is 2.21. The van der Waals surface area contributed by atoms with Gasteiger partial charge in [-0.3, -0.25) is 14.9 Å². The summed E-state index contributed by atoms with van der Waals surface area (Å²) in [5.74, 6) is 0.731. The van der Waals surface area contributed by atoms with Crippen molar-refractivity contribution in [2.75, 3.05) is 7.11 Å². The van der Waals surface area contributed by atoms with Crippen LogP contribution in [0.4, 0.5) is 4.79 Å². The lowest BCUT2D eigenvalue weighted by molar-refractivity contribution is -0.115. The average molecular weight is 376 g/mol. The van der Waals surface area contributed by atoms with Gasteiger partial charge in [-0.05, 0) is 53.2 Å². The number of methoxy groups -OCH3 is 1. The molecule has 2 aromatic rings. The molecule has 0 bridgehead atoms. The lowest BCUT2D eigenvalue weighted by atomic mass is 10.2. The van der Waals surface area contributed by atoms with Crippen LogP contribution in [0.15, 0.2) is 47.4 Å². The molecule has 5 nitrogen and oxygen atoms in total. The van der Waals surface area contributed by atoms with E-state index in [0.29, 0.717) is 28.0 Å². The van der Waals surface area contributed by atoms with Crippen molar-refractivity contribution in [1.29, 1.82) is 0 Å². The Balaban J connectivity index is 1.75. The Morgan fingerprint density at radius 2 is 1.88 bits per heavy atom. The highest BCUT2D eigenvalue weighted by atomic mass is 35.5. The quantitative estimate of drug-likeness (QED) is 0.791. The second kappa shape index (κ2) is 7.63. The molecular formula is C18H14ClNO4S. The van der Waals surface area contributed by atoms with Crippen LogP contribution in [0.5, 0.6) is 11.5 Å². The highest BCUT2D eigenvalue weighted by Crippen LogP contribution is 2.32. The number of nitrogens with one attached hydrogen (secondary N) is 1. The fourth-order valence-corrected chi connectivity index (χ4v) is 3.02. The molecule has 3 rings (SSSR count). The van der Waals surface area contributed by atoms with Gasteiger partial charge < -0.3 is 9.47 Å². The lowest BCUT2D eigenvalue weighted by Gasteiger charge is -2.11. The maximum absolute atomic E-state index is 11.6. The zero-order chi connectivity index (χ0) is 17.8. The first-order valence-electron chi connectivity index (χ1n) is 7.35. The SMILES string of the molecule is COc1cc(/C=C2/SC(=O)NC2=O)ccc1OCc1ccc(Cl)cc1. The van der Waals surface area contributed by atoms with E-state index in [2.05, 4.69) is 5.32 Å². The van der Waals surface area contributed by atoms with Crippen molar-refractivity contribution in [2.45, 2.75) is 6.61 Å². The largest absolute Gasteiger partial charge is 0.493 e. The molecular weight excluding hydrogens is 362 g/mol. The predicted octanol–water partition coefficient (Wildman–Crippen LogP) is 4.25. The van der Waals surface area contributed by atoms with Gasteiger partial charge >= 0.3 is 0 Å². The number of ether oxygens (including phenoxy) is 2. The summed E-state index contributed by atoms with van der Waals surface area (Å²) in [5, 5.41) is 2.52. The summed E-state index contributed by atoms with van der Waals surface area (Å²) in [7, 11) is 1.54. The Morgan fingerprint density at radius 1 is 1.12 bits per heavy atom. The van der Waals surface area contributed by atoms with E-state index in [-0.39, 0.29) is 5.24 Å². The van der Waals surface area contributed by atoms with Crippen LogP contribution in [0.2, 0.25) is 5.02 Å². The summed E-state index contributed by atoms with van der Waals surface area (Å²) < 4.78 is 11.1. The molecule has 1 saturated heterocycles. The van der Waals surface area contributed by atoms with Gasteiger partial charge in [-0.25, -0.2) is 0 Å². The van der Waals surface area contributed by atoms with Gasteiger partial charge in [0, 0.05) is 5.02 Å². The molecule has 7 heteroatoms. The summed E-state index contributed by atoms with van der Waals surface area (Å²) >= 11 is 6.74. The first kappa shape index (κ1) is 17.4. The van der Waals surface area contributed by atoms with Crippen molar-refractivity contribution in [3.05, 3.63) is 63.5 Å². The molecule has 2 amide bonds. The van der Waals surface area contributed by atoms with E-state index < -0.39 is 5.91 Å². The van der Waals surface area contributed by atoms with Crippen molar-refractivity contribution in [3.63, 3.8) is 0 Å². The smallest absolute Gasteiger partial charge is 0.290 e. The second-order valence-electron chi connectivity index (χ2n) is 5.18. The number of carbonyl (C=O) groups excluding carboxylic acids is 2. The van der Waals surface area contributed by atoms with Crippen LogP contribution < -0.4 is 14.8 Å². The van der Waals surface area contributed by atoms with E-state index in [1.54, 1.807) is 43.5 Å². The number of halogens is 1. The minimum Gasteiger partial charge on any atom is -0.493 e. The molecule has 1 aliphatic rings. The van der Waals surface area contributed by atoms with Crippen LogP contribution in [-0.4, -0.2) is 18.3 Å². The van der Waals surface area contributed by atoms with E-state index in [1.165, 1.54) is 0 Å². The molecule has 25 heavy (non-hydrogen) atoms. The van der Waals surface area contributed by atoms with E-state index >= 15 is 0 Å². The van der Waals surface area contributed by atoms with Gasteiger partial charge in [-0.1, -0.05) is 29.8 Å². The van der Waals surface area contributed by atoms with Crippen LogP contribution in [0.3, 0.4) is 0 Å². The highest BCUT2D eigenvalue weighted by Gasteiger charge is 2.25. The summed E-state index contributed by atoms with van der Waals surface area (Å²) in [5.41, 5.74) is 1.72. The van der Waals surface area contributed by atoms with E-state index in [4.69, 9.17) is 21.1 Å². The zero-order valence-electron chi connectivity index (χ0n) is 13.2. The minimum atomic E-state index is -0.392. The van der Waals surface area contributed by atoms with Gasteiger partial charge in [-0.15, -0.1) is 0 Å². The number of thioether (sulfide) groups is 1. The zero-order valence-corrected chi connectivity index (χ0v) is 14.8. The van der Waals surface area contributed by atoms with Gasteiger partial charge in [0.05, 0.1) is 12.0 Å². The van der Waals surface area contributed by atoms with Crippen LogP contribution in [0.25, 0.3) is 6.08 Å². The number of amides is 2. The Labute approximate surface area is 154 Å². The summed E-state index contributed by atoms with van der Waals surface area (Å²) in [4.78, 5) is 23.2. The highest BCUT2D eigenvalue weighted by molar-refractivity contribution is 8.18. The lowest BCUT2D eigenvalue weighted by Crippen LogP contribution is -2.17. The van der Waals surface area contributed by atoms with Gasteiger partial charge in [0.25, 0.3) is 11.1 Å². The Bertz CT molecular complexity index is 849. The van der Waals surface area contributed by atoms with Gasteiger partial charge in [0.2, 0.25) is 0 Å². The number of hydrogen-bond donors (Lipinski definition) is 1. The molecule has 0 spiro atoms. The molecule has 1 heterocycles. The molecule has 128 valence electrons. The maximum Gasteiger partial charge on any atom is 0.290 e. The molecule has 0 atom stereocenters. The fraction of sp³-hybridized carbons (Fsp3) is 0.111. The van der Waals surface area contributed by atoms with Gasteiger partial charge in [0.15, 0.2) is 11.5 Å². The topological polar surface area (TPSA) is 64.6 Å². The predicted molar refractivity (Wildman–Crippen MR) is 97.9 cm³/mol. The summed E-state index contributed by atoms with van der Waals surface area (Å²) in [6.07, 6.45) is 1.64. The van der Waals surface area contributed by atoms with Crippen LogP contribution in [-0.2, 0) is 11.4 Å². The number of hydrogen-bond acceptors (Lipinski definition) is 5. The van der Waals surface area contributed by atoms with Crippen LogP contribution in [0, 0.1) is 0 Å². The molecule has 1 fully saturated rings. The van der Waals surface area contributed by atoms with Crippen molar-refractivity contribution in [3.8, 4) is 11.5 Å². The Hall–Kier alpha value is -2.44. The standard InChI is InChI=1S/C18H14ClNO4S/c1-23-15-8-12(9-16-17(21)20-18(22)25-16)4-7-14(15)24-10-11-2-5-13(19)6-3-11/h2-9H,10H2,1H3,(H,20,21,22)/b16-9+. The van der Waals surface area contributed by atoms with Gasteiger partial charge in [0.1, 0.15) is 6.61 Å². The first-order valence-corrected chi connectivity index (χ1v) is 8.55. The van der Waals surface area contributed by atoms with Crippen molar-refractivity contribution >= 4 is 40.6 Å². The third kappa shape index (κ3) is 4.35. The first-order chi connectivity index (χ1) is 12.0. The molecule has 0 aliphatic carbocycles. The van der Waals surface area contributed by atoms with Crippen molar-refractivity contribution < 1.29 is 19.1 Å². The Kier molecular flexibility index (Phi) is 5.31. The van der Waals surface area contributed by atoms with Crippen molar-refractivity contribution in [2.24, 2.45) is 0 Å². The normalized spacial score (nSPS) is 15.4. The monoisotopic (exact) mass is 375 g/mol. The number of rotatable bonds is 5. The summed E-state index contributed by atoms with van der Waals surface area (Å²) in [6, 6.07) is 12.7. The maximum atomic E-state index is 11.6. The third-order valence-corrected chi connectivity index (χ3v) is 4.50. The molecule has 0 unspecified atom stereocenters. The van der Waals surface area contributed by atoms with E-state index in [9.17, 15) is 9.59 Å². The molecule has 2 aromatic carbocycles. The number of benzene rings is 2. The van der Waals surface area contributed by atoms with E-state index in [0.717, 1.165) is 22.9 Å². The van der Waals surface area contributed by atoms with Crippen LogP contribution in [0.1, 0.15) is 11.1 Å². The molecule has 1 N–H and O–H groups in total. The summed E-state index contributed by atoms with van der Waals surface area (Å²) in [6.45, 7) is 0.376. The molecule has 0 saturated carbocycles. The second-order valence-corrected chi connectivity index (χ2v) is 6.63. The molecule has 0 radical (unpaired) electrons. The van der Waals surface area contributed by atoms with E-state index in [1.807, 2.05) is 12.1 Å². The number of carbonyl (C=O) groups is 2. The molecule has 0 aromatic heterocycles. The van der Waals surface area contributed by atoms with Crippen molar-refractivity contribution in [1.82, 2.24) is 5.32 Å². The van der Waals surface area contributed by atoms with Crippen LogP contribution >= 0.6 is 23.4 Å². The third-order valence-electron chi connectivity index (χ3n) is 3.44. The minimum absolute atomic E-state index is 0.349. The number of imide groups is 1. The molecule has 1 aliphatic heterocycles.